The lowest BCUT2D eigenvalue weighted by atomic mass is 10.0. The highest BCUT2D eigenvalue weighted by Gasteiger charge is 2.24. The molecule has 0 unspecified atom stereocenters. The predicted molar refractivity (Wildman–Crippen MR) is 86.5 cm³/mol. The molecule has 0 saturated carbocycles. The lowest BCUT2D eigenvalue weighted by molar-refractivity contribution is 0.234. The number of benzene rings is 1. The third kappa shape index (κ3) is 3.29. The summed E-state index contributed by atoms with van der Waals surface area (Å²) in [5.74, 6) is -1.05. The van der Waals surface area contributed by atoms with Crippen molar-refractivity contribution < 1.29 is 19.0 Å². The predicted octanol–water partition coefficient (Wildman–Crippen LogP) is 2.63. The van der Waals surface area contributed by atoms with Crippen molar-refractivity contribution >= 4 is 16.5 Å². The third-order valence-corrected chi connectivity index (χ3v) is 4.03. The molecule has 0 bridgehead atoms. The number of aromatic hydroxyl groups is 1. The Kier molecular flexibility index (Phi) is 4.59. The minimum absolute atomic E-state index is 0.0147. The summed E-state index contributed by atoms with van der Waals surface area (Å²) in [6.07, 6.45) is 1.59. The van der Waals surface area contributed by atoms with Gasteiger partial charge in [0.05, 0.1) is 0 Å². The monoisotopic (exact) mass is 348 g/mol. The smallest absolute Gasteiger partial charge is 0.227 e. The van der Waals surface area contributed by atoms with E-state index in [9.17, 15) is 19.4 Å². The van der Waals surface area contributed by atoms with Gasteiger partial charge in [0.1, 0.15) is 24.2 Å². The van der Waals surface area contributed by atoms with Crippen molar-refractivity contribution in [3.63, 3.8) is 0 Å². The lowest BCUT2D eigenvalue weighted by Crippen LogP contribution is -2.16. The van der Waals surface area contributed by atoms with Gasteiger partial charge in [-0.15, -0.1) is 11.3 Å². The number of hydrogen-bond donors (Lipinski definition) is 3. The van der Waals surface area contributed by atoms with Gasteiger partial charge in [-0.2, -0.15) is 0 Å². The Balaban J connectivity index is 2.12. The maximum atomic E-state index is 13.2. The molecule has 3 rings (SSSR count). The first-order valence-electron chi connectivity index (χ1n) is 6.96. The van der Waals surface area contributed by atoms with Crippen LogP contribution < -0.4 is 10.7 Å². The van der Waals surface area contributed by atoms with Crippen LogP contribution in [0, 0.1) is 5.82 Å². The molecule has 3 aromatic rings. The Morgan fingerprint density at radius 3 is 2.71 bits per heavy atom. The zero-order chi connectivity index (χ0) is 17.1. The number of aliphatic hydroxyl groups is 1. The molecule has 2 aromatic heterocycles. The van der Waals surface area contributed by atoms with E-state index >= 15 is 0 Å². The van der Waals surface area contributed by atoms with E-state index in [1.54, 1.807) is 11.6 Å². The highest BCUT2D eigenvalue weighted by atomic mass is 32.1. The van der Waals surface area contributed by atoms with Crippen LogP contribution in [0.2, 0.25) is 0 Å². The molecule has 2 heterocycles. The van der Waals surface area contributed by atoms with Crippen LogP contribution in [-0.2, 0) is 6.61 Å². The molecule has 6 nitrogen and oxygen atoms in total. The van der Waals surface area contributed by atoms with E-state index in [-0.39, 0.29) is 11.5 Å². The van der Waals surface area contributed by atoms with E-state index in [0.717, 1.165) is 6.07 Å². The van der Waals surface area contributed by atoms with Crippen molar-refractivity contribution in [2.24, 2.45) is 0 Å². The summed E-state index contributed by atoms with van der Waals surface area (Å²) < 4.78 is 18.7. The van der Waals surface area contributed by atoms with E-state index in [1.165, 1.54) is 35.6 Å². The Bertz CT molecular complexity index is 878. The van der Waals surface area contributed by atoms with Crippen molar-refractivity contribution in [1.29, 1.82) is 0 Å². The minimum atomic E-state index is -0.782. The second kappa shape index (κ2) is 6.81. The van der Waals surface area contributed by atoms with Crippen molar-refractivity contribution in [2.75, 3.05) is 5.32 Å². The molecular weight excluding hydrogens is 335 g/mol. The van der Waals surface area contributed by atoms with Crippen molar-refractivity contribution in [2.45, 2.75) is 12.6 Å². The summed E-state index contributed by atoms with van der Waals surface area (Å²) in [6.45, 7) is -0.490. The summed E-state index contributed by atoms with van der Waals surface area (Å²) in [7, 11) is 0. The first kappa shape index (κ1) is 16.2. The van der Waals surface area contributed by atoms with Gasteiger partial charge >= 0.3 is 0 Å². The van der Waals surface area contributed by atoms with Gasteiger partial charge in [0.15, 0.2) is 10.9 Å². The average Bonchev–Trinajstić information content (AvgIpc) is 3.09. The van der Waals surface area contributed by atoms with Gasteiger partial charge in [-0.05, 0) is 17.7 Å². The molecule has 1 atom stereocenters. The first-order valence-corrected chi connectivity index (χ1v) is 7.84. The summed E-state index contributed by atoms with van der Waals surface area (Å²) in [5.41, 5.74) is -0.117. The van der Waals surface area contributed by atoms with E-state index in [2.05, 4.69) is 10.3 Å². The number of aliphatic hydroxyl groups excluding tert-OH is 1. The standard InChI is InChI=1S/C16H13FN2O4S/c17-10-3-1-9(2-4-10)13(19-16-18-5-6-24-16)15-14(22)12(21)7-11(8-20)23-15/h1-7,13,20,22H,8H2,(H,18,19)/t13-/m1/s1. The number of nitrogens with zero attached hydrogens (tertiary/aromatic N) is 1. The molecule has 0 aliphatic carbocycles. The van der Waals surface area contributed by atoms with E-state index in [1.807, 2.05) is 0 Å². The average molecular weight is 348 g/mol. The number of aromatic nitrogens is 1. The van der Waals surface area contributed by atoms with Gasteiger partial charge in [-0.1, -0.05) is 12.1 Å². The fourth-order valence-electron chi connectivity index (χ4n) is 2.20. The van der Waals surface area contributed by atoms with Gasteiger partial charge in [-0.25, -0.2) is 9.37 Å². The van der Waals surface area contributed by atoms with Crippen LogP contribution in [0.4, 0.5) is 9.52 Å². The molecule has 0 saturated heterocycles. The Hall–Kier alpha value is -2.71. The summed E-state index contributed by atoms with van der Waals surface area (Å²) in [4.78, 5) is 16.0. The zero-order valence-corrected chi connectivity index (χ0v) is 13.1. The zero-order valence-electron chi connectivity index (χ0n) is 12.3. The molecule has 24 heavy (non-hydrogen) atoms. The highest BCUT2D eigenvalue weighted by Crippen LogP contribution is 2.32. The van der Waals surface area contributed by atoms with Crippen LogP contribution >= 0.6 is 11.3 Å². The molecular formula is C16H13FN2O4S. The van der Waals surface area contributed by atoms with Crippen LogP contribution in [0.5, 0.6) is 5.75 Å². The number of rotatable bonds is 5. The number of hydrogen-bond acceptors (Lipinski definition) is 7. The quantitative estimate of drug-likeness (QED) is 0.656. The number of anilines is 1. The molecule has 3 N–H and O–H groups in total. The normalized spacial score (nSPS) is 12.1. The largest absolute Gasteiger partial charge is 0.502 e. The molecule has 0 aliphatic heterocycles. The van der Waals surface area contributed by atoms with Gasteiger partial charge < -0.3 is 19.9 Å². The molecule has 124 valence electrons. The number of halogens is 1. The van der Waals surface area contributed by atoms with Gasteiger partial charge in [0, 0.05) is 17.6 Å². The summed E-state index contributed by atoms with van der Waals surface area (Å²) >= 11 is 1.32. The Labute approximate surface area is 139 Å². The maximum Gasteiger partial charge on any atom is 0.227 e. The highest BCUT2D eigenvalue weighted by molar-refractivity contribution is 7.13. The van der Waals surface area contributed by atoms with Crippen molar-refractivity contribution in [1.82, 2.24) is 4.98 Å². The maximum absolute atomic E-state index is 13.2. The van der Waals surface area contributed by atoms with Crippen LogP contribution in [0.15, 0.2) is 51.1 Å². The van der Waals surface area contributed by atoms with Gasteiger partial charge in [-0.3, -0.25) is 4.79 Å². The Morgan fingerprint density at radius 1 is 1.33 bits per heavy atom. The van der Waals surface area contributed by atoms with Crippen molar-refractivity contribution in [3.8, 4) is 5.75 Å². The van der Waals surface area contributed by atoms with Crippen LogP contribution in [-0.4, -0.2) is 15.2 Å². The van der Waals surface area contributed by atoms with E-state index < -0.39 is 29.6 Å². The third-order valence-electron chi connectivity index (χ3n) is 3.32. The minimum Gasteiger partial charge on any atom is -0.502 e. The molecule has 0 fully saturated rings. The van der Waals surface area contributed by atoms with Crippen LogP contribution in [0.1, 0.15) is 23.1 Å². The molecule has 0 amide bonds. The van der Waals surface area contributed by atoms with Gasteiger partial charge in [0.2, 0.25) is 11.2 Å². The van der Waals surface area contributed by atoms with E-state index in [0.29, 0.717) is 10.7 Å². The van der Waals surface area contributed by atoms with Gasteiger partial charge in [0.25, 0.3) is 0 Å². The molecule has 1 aromatic carbocycles. The number of thiazole rings is 1. The fraction of sp³-hybridized carbons (Fsp3) is 0.125. The summed E-state index contributed by atoms with van der Waals surface area (Å²) in [5, 5.41) is 24.7. The lowest BCUT2D eigenvalue weighted by Gasteiger charge is -2.19. The Morgan fingerprint density at radius 2 is 2.08 bits per heavy atom. The molecule has 8 heteroatoms. The SMILES string of the molecule is O=c1cc(CO)oc([C@H](Nc2nccs2)c2ccc(F)cc2)c1O. The van der Waals surface area contributed by atoms with Crippen LogP contribution in [0.25, 0.3) is 0 Å². The van der Waals surface area contributed by atoms with Crippen LogP contribution in [0.3, 0.4) is 0 Å². The summed E-state index contributed by atoms with van der Waals surface area (Å²) in [6, 6.07) is 5.77. The topological polar surface area (TPSA) is 95.6 Å². The first-order chi connectivity index (χ1) is 11.6. The molecule has 0 aliphatic rings. The second-order valence-corrected chi connectivity index (χ2v) is 5.81. The van der Waals surface area contributed by atoms with Crippen molar-refractivity contribution in [3.05, 3.63) is 75.0 Å². The fourth-order valence-corrected chi connectivity index (χ4v) is 2.76. The second-order valence-electron chi connectivity index (χ2n) is 4.91. The molecule has 0 spiro atoms. The number of nitrogens with one attached hydrogen (secondary N) is 1. The van der Waals surface area contributed by atoms with E-state index in [4.69, 9.17) is 4.42 Å². The molecule has 0 radical (unpaired) electrons.